The number of fused-ring (bicyclic) bond motifs is 2. The molecule has 10 rings (SSSR count). The van der Waals surface area contributed by atoms with Crippen LogP contribution in [0, 0.1) is 23.7 Å². The number of amides is 4. The van der Waals surface area contributed by atoms with Crippen molar-refractivity contribution in [1.82, 2.24) is 19.6 Å². The van der Waals surface area contributed by atoms with Crippen LogP contribution in [0.5, 0.6) is 28.7 Å². The molecule has 0 spiro atoms. The number of imide groups is 2. The molecule has 4 aromatic carbocycles. The van der Waals surface area contributed by atoms with Gasteiger partial charge in [-0.05, 0) is 153 Å². The molecule has 17 heteroatoms. The van der Waals surface area contributed by atoms with E-state index in [1.165, 1.54) is 32.1 Å². The Morgan fingerprint density at radius 1 is 0.585 bits per heavy atom. The first kappa shape index (κ1) is 59.6. The van der Waals surface area contributed by atoms with Crippen LogP contribution in [-0.2, 0) is 61.1 Å². The number of rotatable bonds is 24. The van der Waals surface area contributed by atoms with Crippen molar-refractivity contribution in [2.45, 2.75) is 142 Å². The number of hydrogen-bond acceptors (Lipinski definition) is 13. The fourth-order valence-electron chi connectivity index (χ4n) is 12.9. The molecule has 2 saturated carbocycles. The lowest BCUT2D eigenvalue weighted by Crippen LogP contribution is -2.35. The van der Waals surface area contributed by atoms with Gasteiger partial charge in [0.25, 0.3) is 0 Å². The van der Waals surface area contributed by atoms with Gasteiger partial charge in [0.2, 0.25) is 23.6 Å². The number of ether oxygens (including phenoxy) is 5. The second-order valence-electron chi connectivity index (χ2n) is 23.2. The van der Waals surface area contributed by atoms with Gasteiger partial charge < -0.3 is 33.9 Å². The molecule has 0 radical (unpaired) electrons. The number of methoxy groups -OCH3 is 2. The highest BCUT2D eigenvalue weighted by Gasteiger charge is 2.33. The van der Waals surface area contributed by atoms with Gasteiger partial charge >= 0.3 is 11.9 Å². The van der Waals surface area contributed by atoms with Gasteiger partial charge in [-0.1, -0.05) is 48.9 Å². The first-order valence-corrected chi connectivity index (χ1v) is 29.7. The molecule has 4 fully saturated rings. The first-order valence-electron chi connectivity index (χ1n) is 29.7. The van der Waals surface area contributed by atoms with E-state index in [2.05, 4.69) is 78.2 Å². The van der Waals surface area contributed by atoms with Crippen LogP contribution < -0.4 is 23.7 Å². The van der Waals surface area contributed by atoms with E-state index in [1.807, 2.05) is 18.2 Å². The largest absolute Gasteiger partial charge is 0.496 e. The van der Waals surface area contributed by atoms with Crippen LogP contribution >= 0.6 is 0 Å². The van der Waals surface area contributed by atoms with Crippen molar-refractivity contribution in [3.63, 3.8) is 0 Å². The molecular formula is C65H82N4O13. The highest BCUT2D eigenvalue weighted by Crippen LogP contribution is 2.38. The lowest BCUT2D eigenvalue weighted by atomic mass is 9.81. The molecule has 4 unspecified atom stereocenters. The average molecular weight is 1130 g/mol. The normalized spacial score (nSPS) is 21.1. The summed E-state index contributed by atoms with van der Waals surface area (Å²) in [4.78, 5) is 78.5. The SMILES string of the molecule is COc1cc(CN(CC2CCC(C(=O)O)CC2)C(C)c2ccc3c(c2)CCO3)ccc1CCCN1C(=O)CCC1=O.COc1cc(CN(CC2CCCC(C(=O)O)C2)C(C)c2ccc3c(c2)CCO3)ccc1OCCN1C(=O)CCC1=O. The summed E-state index contributed by atoms with van der Waals surface area (Å²) in [5.74, 6) is 2.40. The molecule has 0 aromatic heterocycles. The van der Waals surface area contributed by atoms with Crippen LogP contribution in [0.15, 0.2) is 72.8 Å². The van der Waals surface area contributed by atoms with Gasteiger partial charge in [-0.3, -0.25) is 48.4 Å². The molecule has 440 valence electrons. The van der Waals surface area contributed by atoms with Gasteiger partial charge in [0.05, 0.1) is 45.8 Å². The van der Waals surface area contributed by atoms with E-state index in [0.29, 0.717) is 68.7 Å². The Bertz CT molecular complexity index is 2910. The summed E-state index contributed by atoms with van der Waals surface area (Å²) < 4.78 is 28.8. The second-order valence-corrected chi connectivity index (χ2v) is 23.2. The Morgan fingerprint density at radius 3 is 1.66 bits per heavy atom. The fourth-order valence-corrected chi connectivity index (χ4v) is 12.9. The van der Waals surface area contributed by atoms with Crippen LogP contribution in [-0.4, -0.2) is 126 Å². The van der Waals surface area contributed by atoms with Gasteiger partial charge in [-0.2, -0.15) is 0 Å². The second kappa shape index (κ2) is 27.9. The van der Waals surface area contributed by atoms with Crippen LogP contribution in [0.25, 0.3) is 0 Å². The number of aryl methyl sites for hydroxylation is 1. The lowest BCUT2D eigenvalue weighted by Gasteiger charge is -2.36. The van der Waals surface area contributed by atoms with Crippen molar-refractivity contribution in [3.05, 3.63) is 112 Å². The summed E-state index contributed by atoms with van der Waals surface area (Å²) in [6.07, 6.45) is 11.3. The standard InChI is InChI=1S/C33H42N2O6.C32H40N2O7/c1-22(27-11-12-29-28(19-27)15-17-41-29)34(20-23-5-9-26(10-6-23)33(38)39)21-24-7-8-25(30(18-24)40-2)4-3-16-35-31(36)13-14-32(35)37;1-21(24-7-9-27-25(18-24)12-14-40-27)33(19-22-4-3-5-26(16-22)32(37)38)20-23-6-8-28(29(17-23)39-2)41-15-13-34-30(35)10-11-31(34)36/h7-8,11-12,18-19,22-23,26H,3-6,9-10,13-17,20-21H2,1-2H3,(H,38,39);6-9,17-18,21-22,26H,3-5,10-16,19-20H2,1-2H3,(H,37,38). The number of carboxylic acids is 2. The van der Waals surface area contributed by atoms with Crippen LogP contribution in [0.2, 0.25) is 0 Å². The Morgan fingerprint density at radius 2 is 1.11 bits per heavy atom. The molecule has 0 bridgehead atoms. The minimum atomic E-state index is -0.688. The highest BCUT2D eigenvalue weighted by molar-refractivity contribution is 6.02. The highest BCUT2D eigenvalue weighted by atomic mass is 16.5. The molecule has 4 amide bonds. The molecule has 2 N–H and O–H groups in total. The van der Waals surface area contributed by atoms with Gasteiger partial charge in [0, 0.05) is 83.3 Å². The number of carboxylic acid groups (broad SMARTS) is 2. The molecule has 2 saturated heterocycles. The predicted octanol–water partition coefficient (Wildman–Crippen LogP) is 9.78. The summed E-state index contributed by atoms with van der Waals surface area (Å²) in [6.45, 7) is 9.91. The van der Waals surface area contributed by atoms with Gasteiger partial charge in [0.1, 0.15) is 23.9 Å². The number of hydrogen-bond donors (Lipinski definition) is 2. The van der Waals surface area contributed by atoms with Crippen LogP contribution in [0.4, 0.5) is 0 Å². The molecular weight excluding hydrogens is 1040 g/mol. The third kappa shape index (κ3) is 15.0. The van der Waals surface area contributed by atoms with Crippen molar-refractivity contribution in [3.8, 4) is 28.7 Å². The Labute approximate surface area is 482 Å². The van der Waals surface area contributed by atoms with E-state index < -0.39 is 11.9 Å². The number of likely N-dealkylation sites (tertiary alicyclic amines) is 2. The van der Waals surface area contributed by atoms with Crippen molar-refractivity contribution in [1.29, 1.82) is 0 Å². The van der Waals surface area contributed by atoms with Crippen molar-refractivity contribution in [2.24, 2.45) is 23.7 Å². The van der Waals surface area contributed by atoms with E-state index in [9.17, 15) is 39.0 Å². The van der Waals surface area contributed by atoms with E-state index in [0.717, 1.165) is 124 Å². The number of aliphatic carboxylic acids is 2. The molecule has 4 heterocycles. The number of benzene rings is 4. The summed E-state index contributed by atoms with van der Waals surface area (Å²) in [7, 11) is 3.28. The maximum Gasteiger partial charge on any atom is 0.306 e. The lowest BCUT2D eigenvalue weighted by molar-refractivity contribution is -0.144. The molecule has 82 heavy (non-hydrogen) atoms. The minimum Gasteiger partial charge on any atom is -0.496 e. The molecule has 4 aliphatic heterocycles. The van der Waals surface area contributed by atoms with Crippen molar-refractivity contribution >= 4 is 35.6 Å². The first-order chi connectivity index (χ1) is 39.6. The zero-order valence-electron chi connectivity index (χ0n) is 48.2. The predicted molar refractivity (Wildman–Crippen MR) is 307 cm³/mol. The summed E-state index contributed by atoms with van der Waals surface area (Å²) in [5.41, 5.74) is 8.27. The number of carbonyl (C=O) groups excluding carboxylic acids is 4. The van der Waals surface area contributed by atoms with Crippen LogP contribution in [0.3, 0.4) is 0 Å². The van der Waals surface area contributed by atoms with E-state index in [1.54, 1.807) is 14.2 Å². The number of nitrogens with zero attached hydrogens (tertiary/aromatic N) is 4. The average Bonchev–Trinajstić information content (AvgIpc) is 4.40. The minimum absolute atomic E-state index is 0.0705. The summed E-state index contributed by atoms with van der Waals surface area (Å²) >= 11 is 0. The molecule has 4 aromatic rings. The summed E-state index contributed by atoms with van der Waals surface area (Å²) in [6, 6.07) is 25.5. The fraction of sp³-hybridized carbons (Fsp3) is 0.538. The van der Waals surface area contributed by atoms with E-state index in [4.69, 9.17) is 23.7 Å². The van der Waals surface area contributed by atoms with Gasteiger partial charge in [0.15, 0.2) is 11.5 Å². The zero-order valence-corrected chi connectivity index (χ0v) is 48.2. The molecule has 4 atom stereocenters. The Balaban J connectivity index is 0.000000198. The van der Waals surface area contributed by atoms with Crippen molar-refractivity contribution < 1.29 is 62.7 Å². The third-order valence-electron chi connectivity index (χ3n) is 17.9. The van der Waals surface area contributed by atoms with Crippen molar-refractivity contribution in [2.75, 3.05) is 60.2 Å². The maximum atomic E-state index is 11.9. The Kier molecular flexibility index (Phi) is 20.3. The van der Waals surface area contributed by atoms with E-state index in [-0.39, 0.29) is 73.5 Å². The maximum absolute atomic E-state index is 11.9. The Hall–Kier alpha value is -6.98. The molecule has 17 nitrogen and oxygen atoms in total. The number of carbonyl (C=O) groups is 6. The van der Waals surface area contributed by atoms with Crippen LogP contribution in [0.1, 0.15) is 148 Å². The topological polar surface area (TPSA) is 202 Å². The summed E-state index contributed by atoms with van der Waals surface area (Å²) in [5, 5.41) is 19.1. The van der Waals surface area contributed by atoms with Gasteiger partial charge in [-0.25, -0.2) is 0 Å². The van der Waals surface area contributed by atoms with Gasteiger partial charge in [-0.15, -0.1) is 0 Å². The molecule has 6 aliphatic rings. The smallest absolute Gasteiger partial charge is 0.306 e. The third-order valence-corrected chi connectivity index (χ3v) is 17.9. The quantitative estimate of drug-likeness (QED) is 0.0627. The molecule has 2 aliphatic carbocycles. The monoisotopic (exact) mass is 1130 g/mol. The van der Waals surface area contributed by atoms with E-state index >= 15 is 0 Å². The zero-order chi connectivity index (χ0) is 57.9.